The molecule has 1 heterocycles. The molecule has 6 heteroatoms. The van der Waals surface area contributed by atoms with Gasteiger partial charge in [0, 0.05) is 26.2 Å². The van der Waals surface area contributed by atoms with Crippen LogP contribution in [-0.4, -0.2) is 54.9 Å². The third-order valence-corrected chi connectivity index (χ3v) is 2.40. The first-order chi connectivity index (χ1) is 7.94. The summed E-state index contributed by atoms with van der Waals surface area (Å²) in [7, 11) is 0. The molecule has 0 saturated carbocycles. The number of amides is 1. The van der Waals surface area contributed by atoms with Crippen LogP contribution in [-0.2, 0) is 14.4 Å². The van der Waals surface area contributed by atoms with Gasteiger partial charge in [-0.3, -0.25) is 14.5 Å². The maximum atomic E-state index is 11.8. The largest absolute Gasteiger partial charge is 0.314 e. The fraction of sp³-hybridized carbons (Fsp3) is 0.818. The molecule has 0 aromatic carbocycles. The molecular weight excluding hydrogens is 222 g/mol. The Hall–Kier alpha value is -0.980. The molecule has 1 aliphatic heterocycles. The Morgan fingerprint density at radius 2 is 2.00 bits per heavy atom. The first-order valence-electron chi connectivity index (χ1n) is 5.82. The lowest BCUT2D eigenvalue weighted by atomic mass is 10.2. The highest BCUT2D eigenvalue weighted by molar-refractivity contribution is 5.95. The molecule has 1 unspecified atom stereocenters. The Kier molecular flexibility index (Phi) is 5.04. The Morgan fingerprint density at radius 3 is 2.47 bits per heavy atom. The van der Waals surface area contributed by atoms with Gasteiger partial charge in [-0.2, -0.15) is 0 Å². The lowest BCUT2D eigenvalue weighted by molar-refractivity contribution is -0.152. The van der Waals surface area contributed by atoms with Crippen molar-refractivity contribution in [2.45, 2.75) is 32.4 Å². The van der Waals surface area contributed by atoms with Gasteiger partial charge in [0.1, 0.15) is 12.3 Å². The lowest BCUT2D eigenvalue weighted by Gasteiger charge is -2.31. The van der Waals surface area contributed by atoms with Gasteiger partial charge in [0.15, 0.2) is 0 Å². The number of hydrogen-bond acceptors (Lipinski definition) is 5. The molecule has 1 saturated heterocycles. The summed E-state index contributed by atoms with van der Waals surface area (Å²) in [6.07, 6.45) is 0.659. The van der Waals surface area contributed by atoms with Gasteiger partial charge < -0.3 is 10.1 Å². The smallest absolute Gasteiger partial charge is 0.268 e. The van der Waals surface area contributed by atoms with E-state index in [-0.39, 0.29) is 0 Å². The van der Waals surface area contributed by atoms with E-state index in [2.05, 4.69) is 10.8 Å². The molecule has 1 atom stereocenters. The second-order valence-electron chi connectivity index (χ2n) is 5.05. The van der Waals surface area contributed by atoms with E-state index in [9.17, 15) is 9.59 Å². The molecule has 0 aromatic rings. The predicted molar refractivity (Wildman–Crippen MR) is 63.3 cm³/mol. The van der Waals surface area contributed by atoms with Gasteiger partial charge >= 0.3 is 0 Å². The van der Waals surface area contributed by atoms with Crippen molar-refractivity contribution < 1.29 is 14.4 Å². The summed E-state index contributed by atoms with van der Waals surface area (Å²) >= 11 is 0. The lowest BCUT2D eigenvalue weighted by Crippen LogP contribution is -2.55. The minimum atomic E-state index is -0.764. The van der Waals surface area contributed by atoms with E-state index in [1.165, 1.54) is 0 Å². The van der Waals surface area contributed by atoms with Crippen LogP contribution >= 0.6 is 0 Å². The van der Waals surface area contributed by atoms with Gasteiger partial charge in [0.05, 0.1) is 5.60 Å². The van der Waals surface area contributed by atoms with E-state index in [1.54, 1.807) is 0 Å². The molecule has 6 nitrogen and oxygen atoms in total. The molecule has 0 aromatic heterocycles. The van der Waals surface area contributed by atoms with E-state index >= 15 is 0 Å². The van der Waals surface area contributed by atoms with Crippen LogP contribution in [0.25, 0.3) is 0 Å². The number of carbonyl (C=O) groups is 2. The van der Waals surface area contributed by atoms with Gasteiger partial charge in [-0.05, 0) is 20.8 Å². The second-order valence-corrected chi connectivity index (χ2v) is 5.05. The number of piperazine rings is 1. The maximum Gasteiger partial charge on any atom is 0.268 e. The first-order valence-corrected chi connectivity index (χ1v) is 5.82. The number of rotatable bonds is 4. The molecule has 2 N–H and O–H groups in total. The third kappa shape index (κ3) is 4.80. The van der Waals surface area contributed by atoms with Gasteiger partial charge in [-0.1, -0.05) is 0 Å². The van der Waals surface area contributed by atoms with Crippen molar-refractivity contribution >= 4 is 12.2 Å². The van der Waals surface area contributed by atoms with E-state index < -0.39 is 17.6 Å². The minimum Gasteiger partial charge on any atom is -0.314 e. The van der Waals surface area contributed by atoms with Crippen LogP contribution < -0.4 is 10.8 Å². The number of hydrogen-bond donors (Lipinski definition) is 2. The molecule has 0 radical (unpaired) electrons. The number of carbonyl (C=O) groups excluding carboxylic acids is 2. The molecule has 98 valence electrons. The van der Waals surface area contributed by atoms with Crippen LogP contribution in [0.2, 0.25) is 0 Å². The Bertz CT molecular complexity index is 270. The fourth-order valence-electron chi connectivity index (χ4n) is 1.54. The average Bonchev–Trinajstić information content (AvgIpc) is 2.28. The van der Waals surface area contributed by atoms with Crippen LogP contribution in [0, 0.1) is 0 Å². The molecular formula is C11H21N3O3. The molecule has 0 aliphatic carbocycles. The SMILES string of the molecule is CC(C)(C)ONC(=O)C(C=O)N1CCNCC1. The predicted octanol–water partition coefficient (Wildman–Crippen LogP) is -0.695. The van der Waals surface area contributed by atoms with Crippen molar-refractivity contribution in [3.63, 3.8) is 0 Å². The Balaban J connectivity index is 2.48. The molecule has 1 fully saturated rings. The molecule has 1 amide bonds. The topological polar surface area (TPSA) is 70.7 Å². The number of nitrogens with zero attached hydrogens (tertiary/aromatic N) is 1. The molecule has 1 rings (SSSR count). The molecule has 17 heavy (non-hydrogen) atoms. The first kappa shape index (κ1) is 14.1. The van der Waals surface area contributed by atoms with Crippen molar-refractivity contribution in [3.8, 4) is 0 Å². The van der Waals surface area contributed by atoms with Crippen LogP contribution in [0.15, 0.2) is 0 Å². The van der Waals surface area contributed by atoms with Gasteiger partial charge in [0.2, 0.25) is 0 Å². The van der Waals surface area contributed by atoms with Crippen molar-refractivity contribution in [3.05, 3.63) is 0 Å². The number of hydroxylamine groups is 1. The second kappa shape index (κ2) is 6.09. The monoisotopic (exact) mass is 243 g/mol. The van der Waals surface area contributed by atoms with E-state index in [0.29, 0.717) is 19.4 Å². The highest BCUT2D eigenvalue weighted by atomic mass is 16.7. The van der Waals surface area contributed by atoms with E-state index in [4.69, 9.17) is 4.84 Å². The van der Waals surface area contributed by atoms with Crippen LogP contribution in [0.1, 0.15) is 20.8 Å². The highest BCUT2D eigenvalue weighted by Crippen LogP contribution is 2.05. The maximum absolute atomic E-state index is 11.8. The summed E-state index contributed by atoms with van der Waals surface area (Å²) in [5.74, 6) is -0.406. The summed E-state index contributed by atoms with van der Waals surface area (Å²) in [4.78, 5) is 29.8. The standard InChI is InChI=1S/C11H21N3O3/c1-11(2,3)17-13-10(16)9(8-15)14-6-4-12-5-7-14/h8-9,12H,4-7H2,1-3H3,(H,13,16). The zero-order valence-corrected chi connectivity index (χ0v) is 10.7. The van der Waals surface area contributed by atoms with Crippen LogP contribution in [0.5, 0.6) is 0 Å². The molecule has 0 spiro atoms. The van der Waals surface area contributed by atoms with Crippen molar-refractivity contribution in [1.82, 2.24) is 15.7 Å². The van der Waals surface area contributed by atoms with Gasteiger partial charge in [0.25, 0.3) is 5.91 Å². The van der Waals surface area contributed by atoms with Crippen molar-refractivity contribution in [2.75, 3.05) is 26.2 Å². The van der Waals surface area contributed by atoms with Crippen molar-refractivity contribution in [2.24, 2.45) is 0 Å². The Labute approximate surface area is 102 Å². The molecule has 0 bridgehead atoms. The fourth-order valence-corrected chi connectivity index (χ4v) is 1.54. The number of nitrogens with one attached hydrogen (secondary N) is 2. The minimum absolute atomic E-state index is 0.406. The van der Waals surface area contributed by atoms with Crippen molar-refractivity contribution in [1.29, 1.82) is 0 Å². The Morgan fingerprint density at radius 1 is 1.41 bits per heavy atom. The van der Waals surface area contributed by atoms with E-state index in [0.717, 1.165) is 13.1 Å². The van der Waals surface area contributed by atoms with Crippen LogP contribution in [0.3, 0.4) is 0 Å². The molecule has 1 aliphatic rings. The quantitative estimate of drug-likeness (QED) is 0.388. The summed E-state index contributed by atoms with van der Waals surface area (Å²) in [6.45, 7) is 8.43. The summed E-state index contributed by atoms with van der Waals surface area (Å²) in [6, 6.07) is -0.764. The summed E-state index contributed by atoms with van der Waals surface area (Å²) in [5, 5.41) is 3.17. The highest BCUT2D eigenvalue weighted by Gasteiger charge is 2.27. The van der Waals surface area contributed by atoms with Crippen LogP contribution in [0.4, 0.5) is 0 Å². The zero-order chi connectivity index (χ0) is 12.9. The summed E-state index contributed by atoms with van der Waals surface area (Å²) in [5.41, 5.74) is 1.87. The normalized spacial score (nSPS) is 19.7. The third-order valence-electron chi connectivity index (χ3n) is 2.40. The van der Waals surface area contributed by atoms with E-state index in [1.807, 2.05) is 25.7 Å². The van der Waals surface area contributed by atoms with Gasteiger partial charge in [-0.25, -0.2) is 5.48 Å². The number of aldehydes is 1. The summed E-state index contributed by atoms with van der Waals surface area (Å²) < 4.78 is 0. The van der Waals surface area contributed by atoms with Gasteiger partial charge in [-0.15, -0.1) is 0 Å². The average molecular weight is 243 g/mol. The zero-order valence-electron chi connectivity index (χ0n) is 10.7.